The number of nitrogens with one attached hydrogen (secondary N) is 2. The first-order chi connectivity index (χ1) is 12.8. The maximum Gasteiger partial charge on any atom is 0.416 e. The molecule has 1 heterocycles. The van der Waals surface area contributed by atoms with Crippen LogP contribution in [0.25, 0.3) is 0 Å². The number of rotatable bonds is 4. The van der Waals surface area contributed by atoms with E-state index >= 15 is 0 Å². The van der Waals surface area contributed by atoms with Gasteiger partial charge in [-0.2, -0.15) is 13.2 Å². The van der Waals surface area contributed by atoms with Crippen molar-refractivity contribution in [1.29, 1.82) is 0 Å². The molecule has 0 radical (unpaired) electrons. The van der Waals surface area contributed by atoms with E-state index < -0.39 is 23.6 Å². The second kappa shape index (κ2) is 7.83. The van der Waals surface area contributed by atoms with Gasteiger partial charge in [-0.15, -0.1) is 0 Å². The molecule has 0 saturated heterocycles. The van der Waals surface area contributed by atoms with E-state index in [1.807, 2.05) is 0 Å². The zero-order valence-corrected chi connectivity index (χ0v) is 14.0. The summed E-state index contributed by atoms with van der Waals surface area (Å²) in [7, 11) is 0. The molecule has 0 bridgehead atoms. The van der Waals surface area contributed by atoms with Crippen LogP contribution in [0.3, 0.4) is 0 Å². The summed E-state index contributed by atoms with van der Waals surface area (Å²) >= 11 is 0. The van der Waals surface area contributed by atoms with Crippen LogP contribution in [0.2, 0.25) is 0 Å². The van der Waals surface area contributed by atoms with Crippen LogP contribution in [0.15, 0.2) is 36.4 Å². The topological polar surface area (TPSA) is 59.6 Å². The average Bonchev–Trinajstić information content (AvgIpc) is 2.61. The number of hydrogen-bond donors (Lipinski definition) is 2. The molecule has 27 heavy (non-hydrogen) atoms. The lowest BCUT2D eigenvalue weighted by Crippen LogP contribution is -2.30. The minimum atomic E-state index is -4.43. The molecule has 1 aliphatic heterocycles. The molecule has 1 aliphatic rings. The van der Waals surface area contributed by atoms with Crippen molar-refractivity contribution in [2.45, 2.75) is 19.2 Å². The number of fused-ring (bicyclic) bond motifs is 1. The van der Waals surface area contributed by atoms with Crippen molar-refractivity contribution in [2.75, 3.05) is 18.7 Å². The lowest BCUT2D eigenvalue weighted by atomic mass is 10.1. The summed E-state index contributed by atoms with van der Waals surface area (Å²) in [5.41, 5.74) is 0.631. The van der Waals surface area contributed by atoms with E-state index in [1.54, 1.807) is 0 Å². The zero-order chi connectivity index (χ0) is 19.4. The molecule has 0 unspecified atom stereocenters. The van der Waals surface area contributed by atoms with Crippen LogP contribution in [-0.2, 0) is 23.9 Å². The molecule has 9 heteroatoms. The lowest BCUT2D eigenvalue weighted by molar-refractivity contribution is -0.137. The van der Waals surface area contributed by atoms with Crippen molar-refractivity contribution in [1.82, 2.24) is 5.32 Å². The van der Waals surface area contributed by atoms with Crippen LogP contribution in [0.1, 0.15) is 16.7 Å². The van der Waals surface area contributed by atoms with Gasteiger partial charge in [-0.1, -0.05) is 0 Å². The van der Waals surface area contributed by atoms with Crippen molar-refractivity contribution >= 4 is 11.7 Å². The van der Waals surface area contributed by atoms with E-state index in [9.17, 15) is 22.4 Å². The highest BCUT2D eigenvalue weighted by Gasteiger charge is 2.30. The van der Waals surface area contributed by atoms with E-state index in [0.717, 1.165) is 12.1 Å². The first-order valence-corrected chi connectivity index (χ1v) is 8.07. The highest BCUT2D eigenvalue weighted by molar-refractivity contribution is 5.89. The third-order valence-electron chi connectivity index (χ3n) is 3.90. The molecule has 0 fully saturated rings. The molecule has 2 amide bonds. The number of benzene rings is 2. The summed E-state index contributed by atoms with van der Waals surface area (Å²) < 4.78 is 61.7. The second-order valence-corrected chi connectivity index (χ2v) is 5.87. The normalized spacial score (nSPS) is 13.5. The Morgan fingerprint density at radius 3 is 2.59 bits per heavy atom. The number of carbonyl (C=O) groups excluding carboxylic acids is 1. The van der Waals surface area contributed by atoms with E-state index in [4.69, 9.17) is 9.47 Å². The first-order valence-electron chi connectivity index (χ1n) is 8.07. The summed E-state index contributed by atoms with van der Waals surface area (Å²) in [4.78, 5) is 11.9. The SMILES string of the molecule is O=C(NCCc1cc(F)cc2c1OCOC2)Nc1ccc(C(F)(F)F)cc1. The highest BCUT2D eigenvalue weighted by atomic mass is 19.4. The Hall–Kier alpha value is -2.81. The third kappa shape index (κ3) is 4.88. The van der Waals surface area contributed by atoms with Gasteiger partial charge in [-0.3, -0.25) is 0 Å². The Balaban J connectivity index is 1.54. The van der Waals surface area contributed by atoms with E-state index in [1.165, 1.54) is 24.3 Å². The summed E-state index contributed by atoms with van der Waals surface area (Å²) in [6, 6.07) is 6.19. The Kier molecular flexibility index (Phi) is 5.50. The van der Waals surface area contributed by atoms with Crippen molar-refractivity contribution in [3.8, 4) is 5.75 Å². The predicted molar refractivity (Wildman–Crippen MR) is 88.9 cm³/mol. The van der Waals surface area contributed by atoms with Crippen molar-refractivity contribution in [3.63, 3.8) is 0 Å². The summed E-state index contributed by atoms with van der Waals surface area (Å²) in [6.45, 7) is 0.516. The Bertz CT molecular complexity index is 823. The van der Waals surface area contributed by atoms with E-state index in [2.05, 4.69) is 10.6 Å². The van der Waals surface area contributed by atoms with Crippen molar-refractivity contribution < 1.29 is 31.8 Å². The van der Waals surface area contributed by atoms with Crippen LogP contribution in [-0.4, -0.2) is 19.4 Å². The molecule has 0 spiro atoms. The molecule has 0 atom stereocenters. The Labute approximate surface area is 152 Å². The van der Waals surface area contributed by atoms with Crippen LogP contribution < -0.4 is 15.4 Å². The smallest absolute Gasteiger partial charge is 0.416 e. The molecule has 3 rings (SSSR count). The van der Waals surface area contributed by atoms with Gasteiger partial charge in [0.2, 0.25) is 0 Å². The van der Waals surface area contributed by atoms with Gasteiger partial charge in [-0.25, -0.2) is 9.18 Å². The largest absolute Gasteiger partial charge is 0.467 e. The first kappa shape index (κ1) is 19.0. The van der Waals surface area contributed by atoms with E-state index in [-0.39, 0.29) is 25.6 Å². The quantitative estimate of drug-likeness (QED) is 0.782. The predicted octanol–water partition coefficient (Wildman–Crippen LogP) is 4.08. The minimum absolute atomic E-state index is 0.0769. The zero-order valence-electron chi connectivity index (χ0n) is 14.0. The van der Waals surface area contributed by atoms with Gasteiger partial charge in [0.15, 0.2) is 6.79 Å². The fraction of sp³-hybridized carbons (Fsp3) is 0.278. The number of carbonyl (C=O) groups is 1. The summed E-state index contributed by atoms with van der Waals surface area (Å²) in [6.07, 6.45) is -4.11. The van der Waals surface area contributed by atoms with Gasteiger partial charge >= 0.3 is 12.2 Å². The standard InChI is InChI=1S/C18H16F4N2O3/c19-14-7-11(16-12(8-14)9-26-10-27-16)5-6-23-17(25)24-15-3-1-13(2-4-15)18(20,21)22/h1-4,7-8H,5-6,9-10H2,(H2,23,24,25). The molecule has 0 aromatic heterocycles. The highest BCUT2D eigenvalue weighted by Crippen LogP contribution is 2.30. The fourth-order valence-electron chi connectivity index (χ4n) is 2.67. The van der Waals surface area contributed by atoms with Gasteiger partial charge in [0.05, 0.1) is 12.2 Å². The average molecular weight is 384 g/mol. The molecular weight excluding hydrogens is 368 g/mol. The maximum absolute atomic E-state index is 13.7. The lowest BCUT2D eigenvalue weighted by Gasteiger charge is -2.21. The van der Waals surface area contributed by atoms with E-state index in [0.29, 0.717) is 23.3 Å². The summed E-state index contributed by atoms with van der Waals surface area (Å²) in [5.74, 6) is 0.125. The molecule has 2 N–H and O–H groups in total. The molecule has 5 nitrogen and oxygen atoms in total. The van der Waals surface area contributed by atoms with Gasteiger partial charge in [0, 0.05) is 17.8 Å². The van der Waals surface area contributed by atoms with Crippen LogP contribution in [0, 0.1) is 5.82 Å². The van der Waals surface area contributed by atoms with Gasteiger partial charge in [-0.05, 0) is 48.4 Å². The molecule has 0 saturated carbocycles. The minimum Gasteiger partial charge on any atom is -0.467 e. The number of halogens is 4. The van der Waals surface area contributed by atoms with Gasteiger partial charge in [0.25, 0.3) is 0 Å². The van der Waals surface area contributed by atoms with Crippen LogP contribution >= 0.6 is 0 Å². The summed E-state index contributed by atoms with van der Waals surface area (Å²) in [5, 5.41) is 5.01. The monoisotopic (exact) mass is 384 g/mol. The van der Waals surface area contributed by atoms with Gasteiger partial charge in [0.1, 0.15) is 11.6 Å². The Morgan fingerprint density at radius 2 is 1.89 bits per heavy atom. The number of anilines is 1. The second-order valence-electron chi connectivity index (χ2n) is 5.87. The van der Waals surface area contributed by atoms with Crippen molar-refractivity contribution in [3.05, 3.63) is 58.9 Å². The molecule has 2 aromatic rings. The third-order valence-corrected chi connectivity index (χ3v) is 3.90. The number of urea groups is 1. The fourth-order valence-corrected chi connectivity index (χ4v) is 2.67. The van der Waals surface area contributed by atoms with Crippen molar-refractivity contribution in [2.24, 2.45) is 0 Å². The number of ether oxygens (including phenoxy) is 2. The Morgan fingerprint density at radius 1 is 1.15 bits per heavy atom. The van der Waals surface area contributed by atoms with Crippen LogP contribution in [0.5, 0.6) is 5.75 Å². The number of hydrogen-bond acceptors (Lipinski definition) is 3. The molecule has 144 valence electrons. The van der Waals surface area contributed by atoms with Crippen LogP contribution in [0.4, 0.5) is 28.0 Å². The maximum atomic E-state index is 13.7. The van der Waals surface area contributed by atoms with Gasteiger partial charge < -0.3 is 20.1 Å². The molecule has 0 aliphatic carbocycles. The molecular formula is C18H16F4N2O3. The number of alkyl halides is 3. The molecule has 2 aromatic carbocycles. The number of amides is 2.